The van der Waals surface area contributed by atoms with Gasteiger partial charge >= 0.3 is 0 Å². The second kappa shape index (κ2) is 10.6. The maximum Gasteiger partial charge on any atom is 0.242 e. The molecule has 156 valence electrons. The van der Waals surface area contributed by atoms with E-state index in [1.54, 1.807) is 31.1 Å². The zero-order chi connectivity index (χ0) is 21.4. The number of methoxy groups -OCH3 is 1. The Morgan fingerprint density at radius 2 is 1.79 bits per heavy atom. The van der Waals surface area contributed by atoms with Crippen molar-refractivity contribution in [3.8, 4) is 5.75 Å². The topological polar surface area (TPSA) is 58.6 Å². The molecule has 0 radical (unpaired) electrons. The van der Waals surface area contributed by atoms with Crippen LogP contribution < -0.4 is 10.1 Å². The lowest BCUT2D eigenvalue weighted by atomic mass is 10.1. The highest BCUT2D eigenvalue weighted by molar-refractivity contribution is 5.88. The summed E-state index contributed by atoms with van der Waals surface area (Å²) in [6.07, 6.45) is 0.892. The summed E-state index contributed by atoms with van der Waals surface area (Å²) in [6.45, 7) is 5.91. The van der Waals surface area contributed by atoms with E-state index in [0.29, 0.717) is 11.3 Å². The minimum absolute atomic E-state index is 0.0239. The zero-order valence-electron chi connectivity index (χ0n) is 17.4. The van der Waals surface area contributed by atoms with Crippen molar-refractivity contribution < 1.29 is 18.7 Å². The third-order valence-corrected chi connectivity index (χ3v) is 4.92. The van der Waals surface area contributed by atoms with Crippen LogP contribution in [0.15, 0.2) is 48.5 Å². The molecule has 0 spiro atoms. The molecule has 29 heavy (non-hydrogen) atoms. The van der Waals surface area contributed by atoms with Gasteiger partial charge in [-0.15, -0.1) is 0 Å². The Morgan fingerprint density at radius 3 is 2.41 bits per heavy atom. The molecule has 0 heterocycles. The first-order valence-corrected chi connectivity index (χ1v) is 9.81. The third-order valence-electron chi connectivity index (χ3n) is 4.92. The van der Waals surface area contributed by atoms with E-state index in [1.165, 1.54) is 12.1 Å². The van der Waals surface area contributed by atoms with Crippen molar-refractivity contribution in [3.63, 3.8) is 0 Å². The number of nitrogens with one attached hydrogen (secondary N) is 1. The van der Waals surface area contributed by atoms with Gasteiger partial charge < -0.3 is 15.0 Å². The van der Waals surface area contributed by atoms with Gasteiger partial charge in [0.2, 0.25) is 11.8 Å². The number of carbonyl (C=O) groups is 2. The molecule has 0 aliphatic heterocycles. The van der Waals surface area contributed by atoms with Crippen molar-refractivity contribution in [1.82, 2.24) is 10.2 Å². The van der Waals surface area contributed by atoms with Crippen LogP contribution in [0.2, 0.25) is 0 Å². The average Bonchev–Trinajstić information content (AvgIpc) is 2.73. The lowest BCUT2D eigenvalue weighted by molar-refractivity contribution is -0.140. The monoisotopic (exact) mass is 400 g/mol. The van der Waals surface area contributed by atoms with Crippen molar-refractivity contribution in [2.24, 2.45) is 0 Å². The van der Waals surface area contributed by atoms with E-state index in [9.17, 15) is 14.0 Å². The van der Waals surface area contributed by atoms with Crippen molar-refractivity contribution in [3.05, 3.63) is 65.5 Å². The summed E-state index contributed by atoms with van der Waals surface area (Å²) in [5, 5.41) is 2.94. The Balaban J connectivity index is 2.23. The number of amides is 2. The molecule has 2 aromatic carbocycles. The van der Waals surface area contributed by atoms with Gasteiger partial charge in [0, 0.05) is 12.6 Å². The molecule has 0 aliphatic rings. The van der Waals surface area contributed by atoms with Crippen LogP contribution in [0, 0.1) is 5.82 Å². The van der Waals surface area contributed by atoms with E-state index in [4.69, 9.17) is 4.74 Å². The number of rotatable bonds is 9. The van der Waals surface area contributed by atoms with Gasteiger partial charge in [-0.1, -0.05) is 31.2 Å². The van der Waals surface area contributed by atoms with Crippen molar-refractivity contribution in [2.75, 3.05) is 7.11 Å². The highest BCUT2D eigenvalue weighted by atomic mass is 19.1. The Kier molecular flexibility index (Phi) is 8.19. The molecule has 2 atom stereocenters. The molecule has 0 fully saturated rings. The summed E-state index contributed by atoms with van der Waals surface area (Å²) < 4.78 is 18.4. The van der Waals surface area contributed by atoms with Crippen LogP contribution in [0.3, 0.4) is 0 Å². The Morgan fingerprint density at radius 1 is 1.10 bits per heavy atom. The van der Waals surface area contributed by atoms with Crippen LogP contribution >= 0.6 is 0 Å². The summed E-state index contributed by atoms with van der Waals surface area (Å²) in [4.78, 5) is 27.3. The predicted octanol–water partition coefficient (Wildman–Crippen LogP) is 3.71. The first-order valence-electron chi connectivity index (χ1n) is 9.81. The van der Waals surface area contributed by atoms with E-state index in [1.807, 2.05) is 38.1 Å². The van der Waals surface area contributed by atoms with Gasteiger partial charge in [0.05, 0.1) is 13.5 Å². The van der Waals surface area contributed by atoms with Crippen molar-refractivity contribution in [2.45, 2.75) is 52.2 Å². The van der Waals surface area contributed by atoms with E-state index in [-0.39, 0.29) is 36.6 Å². The van der Waals surface area contributed by atoms with Crippen LogP contribution in [-0.2, 0) is 22.6 Å². The number of hydrogen-bond acceptors (Lipinski definition) is 3. The van der Waals surface area contributed by atoms with Gasteiger partial charge in [0.25, 0.3) is 0 Å². The summed E-state index contributed by atoms with van der Waals surface area (Å²) in [5.41, 5.74) is 1.56. The number of hydrogen-bond donors (Lipinski definition) is 1. The summed E-state index contributed by atoms with van der Waals surface area (Å²) in [7, 11) is 1.58. The largest absolute Gasteiger partial charge is 0.497 e. The van der Waals surface area contributed by atoms with E-state index < -0.39 is 6.04 Å². The minimum atomic E-state index is -0.650. The smallest absolute Gasteiger partial charge is 0.242 e. The summed E-state index contributed by atoms with van der Waals surface area (Å²) in [6, 6.07) is 12.6. The van der Waals surface area contributed by atoms with Gasteiger partial charge in [0.15, 0.2) is 0 Å². The first-order chi connectivity index (χ1) is 13.8. The quantitative estimate of drug-likeness (QED) is 0.698. The Hall–Kier alpha value is -2.89. The van der Waals surface area contributed by atoms with E-state index in [0.717, 1.165) is 12.0 Å². The first kappa shape index (κ1) is 22.4. The van der Waals surface area contributed by atoms with Crippen LogP contribution in [0.4, 0.5) is 4.39 Å². The van der Waals surface area contributed by atoms with Gasteiger partial charge in [-0.05, 0) is 55.7 Å². The molecule has 6 heteroatoms. The molecule has 0 saturated heterocycles. The summed E-state index contributed by atoms with van der Waals surface area (Å²) >= 11 is 0. The van der Waals surface area contributed by atoms with Gasteiger partial charge in [-0.25, -0.2) is 4.39 Å². The molecular weight excluding hydrogens is 371 g/mol. The normalized spacial score (nSPS) is 12.7. The number of halogens is 1. The molecule has 0 saturated carbocycles. The zero-order valence-corrected chi connectivity index (χ0v) is 17.4. The lowest BCUT2D eigenvalue weighted by Crippen LogP contribution is -2.49. The van der Waals surface area contributed by atoms with Gasteiger partial charge in [0.1, 0.15) is 17.6 Å². The number of ether oxygens (including phenoxy) is 1. The molecule has 2 aromatic rings. The van der Waals surface area contributed by atoms with Crippen LogP contribution in [-0.4, -0.2) is 35.9 Å². The highest BCUT2D eigenvalue weighted by Gasteiger charge is 2.27. The minimum Gasteiger partial charge on any atom is -0.497 e. The van der Waals surface area contributed by atoms with Crippen LogP contribution in [0.1, 0.15) is 38.3 Å². The van der Waals surface area contributed by atoms with Crippen molar-refractivity contribution >= 4 is 11.8 Å². The number of carbonyl (C=O) groups excluding carboxylic acids is 2. The molecule has 2 unspecified atom stereocenters. The summed E-state index contributed by atoms with van der Waals surface area (Å²) in [5.74, 6) is -0.0678. The molecule has 2 rings (SSSR count). The Bertz CT molecular complexity index is 823. The number of nitrogens with zero attached hydrogens (tertiary/aromatic N) is 1. The fourth-order valence-corrected chi connectivity index (χ4v) is 2.89. The fourth-order valence-electron chi connectivity index (χ4n) is 2.89. The Labute approximate surface area is 171 Å². The second-order valence-electron chi connectivity index (χ2n) is 7.17. The molecular formula is C23H29FN2O3. The molecule has 0 bridgehead atoms. The standard InChI is InChI=1S/C23H29FN2O3/c1-5-16(2)25-23(28)17(3)26(15-19-7-6-8-21(13-19)29-4)22(27)14-18-9-11-20(24)12-10-18/h6-13,16-17H,5,14-15H2,1-4H3,(H,25,28). The number of benzene rings is 2. The van der Waals surface area contributed by atoms with Crippen molar-refractivity contribution in [1.29, 1.82) is 0 Å². The second-order valence-corrected chi connectivity index (χ2v) is 7.17. The molecule has 1 N–H and O–H groups in total. The SMILES string of the molecule is CCC(C)NC(=O)C(C)N(Cc1cccc(OC)c1)C(=O)Cc1ccc(F)cc1. The van der Waals surface area contributed by atoms with Crippen LogP contribution in [0.25, 0.3) is 0 Å². The average molecular weight is 400 g/mol. The molecule has 0 aliphatic carbocycles. The maximum atomic E-state index is 13.2. The maximum absolute atomic E-state index is 13.2. The highest BCUT2D eigenvalue weighted by Crippen LogP contribution is 2.17. The van der Waals surface area contributed by atoms with Crippen LogP contribution in [0.5, 0.6) is 5.75 Å². The molecule has 0 aromatic heterocycles. The predicted molar refractivity (Wildman–Crippen MR) is 111 cm³/mol. The lowest BCUT2D eigenvalue weighted by Gasteiger charge is -2.30. The third kappa shape index (κ3) is 6.59. The van der Waals surface area contributed by atoms with E-state index >= 15 is 0 Å². The van der Waals surface area contributed by atoms with Gasteiger partial charge in [-0.3, -0.25) is 9.59 Å². The molecule has 2 amide bonds. The fraction of sp³-hybridized carbons (Fsp3) is 0.391. The molecule has 5 nitrogen and oxygen atoms in total. The van der Waals surface area contributed by atoms with E-state index in [2.05, 4.69) is 5.32 Å². The van der Waals surface area contributed by atoms with Gasteiger partial charge in [-0.2, -0.15) is 0 Å².